The lowest BCUT2D eigenvalue weighted by atomic mass is 9.99. The fourth-order valence-electron chi connectivity index (χ4n) is 2.34. The van der Waals surface area contributed by atoms with Crippen molar-refractivity contribution in [1.82, 2.24) is 0 Å². The number of nitrogens with one attached hydrogen (secondary N) is 1. The van der Waals surface area contributed by atoms with Crippen LogP contribution in [0.1, 0.15) is 25.3 Å². The highest BCUT2D eigenvalue weighted by atomic mass is 19.1. The summed E-state index contributed by atoms with van der Waals surface area (Å²) in [4.78, 5) is 0. The molecule has 18 heavy (non-hydrogen) atoms. The van der Waals surface area contributed by atoms with Crippen LogP contribution in [0, 0.1) is 23.1 Å². The van der Waals surface area contributed by atoms with Crippen LogP contribution in [0.5, 0.6) is 0 Å². The highest BCUT2D eigenvalue weighted by molar-refractivity contribution is 5.48. The lowest BCUT2D eigenvalue weighted by Crippen LogP contribution is -2.22. The van der Waals surface area contributed by atoms with E-state index in [4.69, 9.17) is 10.00 Å². The predicted molar refractivity (Wildman–Crippen MR) is 67.7 cm³/mol. The van der Waals surface area contributed by atoms with Crippen LogP contribution >= 0.6 is 0 Å². The topological polar surface area (TPSA) is 45.0 Å². The van der Waals surface area contributed by atoms with Crippen molar-refractivity contribution in [2.75, 3.05) is 18.5 Å². The van der Waals surface area contributed by atoms with Gasteiger partial charge in [0, 0.05) is 24.8 Å². The average Bonchev–Trinajstić information content (AvgIpc) is 2.84. The Hall–Kier alpha value is -1.60. The molecule has 2 unspecified atom stereocenters. The van der Waals surface area contributed by atoms with Gasteiger partial charge in [-0.05, 0) is 31.0 Å². The first-order chi connectivity index (χ1) is 8.74. The van der Waals surface area contributed by atoms with Gasteiger partial charge in [-0.2, -0.15) is 5.26 Å². The molecule has 3 nitrogen and oxygen atoms in total. The first-order valence-electron chi connectivity index (χ1n) is 6.29. The van der Waals surface area contributed by atoms with Crippen molar-refractivity contribution in [2.24, 2.45) is 5.92 Å². The summed E-state index contributed by atoms with van der Waals surface area (Å²) in [5.74, 6) is 0.00548. The van der Waals surface area contributed by atoms with Crippen LogP contribution in [-0.4, -0.2) is 19.3 Å². The van der Waals surface area contributed by atoms with Crippen LogP contribution in [0.25, 0.3) is 0 Å². The first kappa shape index (κ1) is 12.8. The fraction of sp³-hybridized carbons (Fsp3) is 0.500. The Morgan fingerprint density at radius 3 is 3.06 bits per heavy atom. The molecule has 0 aromatic heterocycles. The Morgan fingerprint density at radius 2 is 2.39 bits per heavy atom. The number of benzene rings is 1. The van der Waals surface area contributed by atoms with Crippen LogP contribution in [0.2, 0.25) is 0 Å². The minimum Gasteiger partial charge on any atom is -0.385 e. The number of rotatable bonds is 4. The zero-order chi connectivity index (χ0) is 13.0. The van der Waals surface area contributed by atoms with Gasteiger partial charge in [0.05, 0.1) is 11.7 Å². The molecule has 1 aromatic carbocycles. The molecule has 0 amide bonds. The summed E-state index contributed by atoms with van der Waals surface area (Å²) in [5, 5.41) is 11.9. The summed E-state index contributed by atoms with van der Waals surface area (Å²) < 4.78 is 19.0. The van der Waals surface area contributed by atoms with Crippen molar-refractivity contribution in [1.29, 1.82) is 5.26 Å². The summed E-state index contributed by atoms with van der Waals surface area (Å²) in [6.07, 6.45) is 2.36. The summed E-state index contributed by atoms with van der Waals surface area (Å²) in [5.41, 5.74) is 0.796. The van der Waals surface area contributed by atoms with Crippen molar-refractivity contribution >= 4 is 5.69 Å². The molecule has 1 aliphatic rings. The minimum atomic E-state index is -0.475. The molecule has 0 bridgehead atoms. The van der Waals surface area contributed by atoms with Crippen molar-refractivity contribution in [3.63, 3.8) is 0 Å². The predicted octanol–water partition coefficient (Wildman–Crippen LogP) is 2.92. The van der Waals surface area contributed by atoms with Gasteiger partial charge in [-0.3, -0.25) is 0 Å². The van der Waals surface area contributed by atoms with Crippen LogP contribution < -0.4 is 5.32 Å². The number of hydrogen-bond donors (Lipinski definition) is 1. The molecule has 0 spiro atoms. The molecule has 0 saturated carbocycles. The highest BCUT2D eigenvalue weighted by Gasteiger charge is 2.26. The normalized spacial score (nSPS) is 22.7. The van der Waals surface area contributed by atoms with Gasteiger partial charge in [-0.1, -0.05) is 6.92 Å². The monoisotopic (exact) mass is 248 g/mol. The third kappa shape index (κ3) is 2.80. The van der Waals surface area contributed by atoms with E-state index in [0.29, 0.717) is 17.7 Å². The summed E-state index contributed by atoms with van der Waals surface area (Å²) >= 11 is 0. The highest BCUT2D eigenvalue weighted by Crippen LogP contribution is 2.24. The number of hydrogen-bond acceptors (Lipinski definition) is 3. The Kier molecular flexibility index (Phi) is 4.16. The van der Waals surface area contributed by atoms with Gasteiger partial charge in [0.1, 0.15) is 11.9 Å². The van der Waals surface area contributed by atoms with E-state index in [1.165, 1.54) is 12.1 Å². The van der Waals surface area contributed by atoms with E-state index >= 15 is 0 Å². The molecule has 0 radical (unpaired) electrons. The van der Waals surface area contributed by atoms with E-state index in [1.54, 1.807) is 6.07 Å². The maximum Gasteiger partial charge on any atom is 0.143 e. The van der Waals surface area contributed by atoms with Crippen molar-refractivity contribution in [2.45, 2.75) is 25.9 Å². The van der Waals surface area contributed by atoms with Crippen LogP contribution in [-0.2, 0) is 4.74 Å². The molecule has 2 rings (SSSR count). The molecule has 1 heterocycles. The Labute approximate surface area is 107 Å². The average molecular weight is 248 g/mol. The zero-order valence-corrected chi connectivity index (χ0v) is 10.4. The van der Waals surface area contributed by atoms with Crippen LogP contribution in [0.4, 0.5) is 10.1 Å². The second kappa shape index (κ2) is 5.83. The molecular formula is C14H17FN2O. The van der Waals surface area contributed by atoms with E-state index in [2.05, 4.69) is 12.2 Å². The molecule has 0 aliphatic carbocycles. The number of nitrogens with zero attached hydrogens (tertiary/aromatic N) is 1. The fourth-order valence-corrected chi connectivity index (χ4v) is 2.34. The van der Waals surface area contributed by atoms with Crippen LogP contribution in [0.3, 0.4) is 0 Å². The first-order valence-corrected chi connectivity index (χ1v) is 6.29. The van der Waals surface area contributed by atoms with E-state index in [9.17, 15) is 4.39 Å². The summed E-state index contributed by atoms with van der Waals surface area (Å²) in [6.45, 7) is 3.71. The Morgan fingerprint density at radius 1 is 1.56 bits per heavy atom. The van der Waals surface area contributed by atoms with Crippen molar-refractivity contribution in [3.05, 3.63) is 29.6 Å². The van der Waals surface area contributed by atoms with Gasteiger partial charge in [0.2, 0.25) is 0 Å². The molecule has 4 heteroatoms. The molecule has 1 fully saturated rings. The number of nitriles is 1. The largest absolute Gasteiger partial charge is 0.385 e. The molecule has 1 aliphatic heterocycles. The number of anilines is 1. The molecule has 1 saturated heterocycles. The summed E-state index contributed by atoms with van der Waals surface area (Å²) in [6, 6.07) is 6.42. The molecular weight excluding hydrogens is 231 g/mol. The Bertz CT molecular complexity index is 456. The third-order valence-electron chi connectivity index (χ3n) is 3.41. The molecule has 96 valence electrons. The SMILES string of the molecule is CCC1OCCC1CNc1ccc(C#N)c(F)c1. The second-order valence-electron chi connectivity index (χ2n) is 4.55. The standard InChI is InChI=1S/C14H17FN2O/c1-2-14-11(5-6-18-14)9-17-12-4-3-10(8-16)13(15)7-12/h3-4,7,11,14,17H,2,5-6,9H2,1H3. The van der Waals surface area contributed by atoms with Gasteiger partial charge in [-0.25, -0.2) is 4.39 Å². The Balaban J connectivity index is 1.94. The van der Waals surface area contributed by atoms with Crippen LogP contribution in [0.15, 0.2) is 18.2 Å². The van der Waals surface area contributed by atoms with E-state index in [1.807, 2.05) is 6.07 Å². The summed E-state index contributed by atoms with van der Waals surface area (Å²) in [7, 11) is 0. The number of ether oxygens (including phenoxy) is 1. The molecule has 1 aromatic rings. The minimum absolute atomic E-state index is 0.0798. The third-order valence-corrected chi connectivity index (χ3v) is 3.41. The molecule has 1 N–H and O–H groups in total. The zero-order valence-electron chi connectivity index (χ0n) is 10.4. The number of halogens is 1. The lowest BCUT2D eigenvalue weighted by molar-refractivity contribution is 0.0900. The maximum atomic E-state index is 13.4. The van der Waals surface area contributed by atoms with Crippen molar-refractivity contribution in [3.8, 4) is 6.07 Å². The smallest absolute Gasteiger partial charge is 0.143 e. The van der Waals surface area contributed by atoms with E-state index < -0.39 is 5.82 Å². The van der Waals surface area contributed by atoms with Crippen molar-refractivity contribution < 1.29 is 9.13 Å². The van der Waals surface area contributed by atoms with Gasteiger partial charge in [0.15, 0.2) is 0 Å². The van der Waals surface area contributed by atoms with E-state index in [0.717, 1.165) is 26.0 Å². The lowest BCUT2D eigenvalue weighted by Gasteiger charge is -2.18. The second-order valence-corrected chi connectivity index (χ2v) is 4.55. The van der Waals surface area contributed by atoms with Gasteiger partial charge < -0.3 is 10.1 Å². The van der Waals surface area contributed by atoms with Gasteiger partial charge >= 0.3 is 0 Å². The van der Waals surface area contributed by atoms with Gasteiger partial charge in [0.25, 0.3) is 0 Å². The van der Waals surface area contributed by atoms with E-state index in [-0.39, 0.29) is 5.56 Å². The van der Waals surface area contributed by atoms with Gasteiger partial charge in [-0.15, -0.1) is 0 Å². The maximum absolute atomic E-state index is 13.4. The quantitative estimate of drug-likeness (QED) is 0.891. The molecule has 2 atom stereocenters.